The Balaban J connectivity index is 1.62. The molecule has 0 aliphatic heterocycles. The fourth-order valence-corrected chi connectivity index (χ4v) is 2.88. The van der Waals surface area contributed by atoms with Crippen LogP contribution in [-0.4, -0.2) is 21.9 Å². The Morgan fingerprint density at radius 1 is 1.22 bits per heavy atom. The van der Waals surface area contributed by atoms with Gasteiger partial charge >= 0.3 is 0 Å². The van der Waals surface area contributed by atoms with E-state index in [1.807, 2.05) is 12.1 Å². The maximum atomic E-state index is 12.3. The molecule has 3 rings (SSSR count). The van der Waals surface area contributed by atoms with Crippen LogP contribution in [0.3, 0.4) is 0 Å². The lowest BCUT2D eigenvalue weighted by atomic mass is 10.1. The van der Waals surface area contributed by atoms with Crippen LogP contribution in [0.1, 0.15) is 47.3 Å². The van der Waals surface area contributed by atoms with Crippen molar-refractivity contribution in [3.63, 3.8) is 0 Å². The molecule has 5 heteroatoms. The second-order valence-corrected chi connectivity index (χ2v) is 6.00. The number of rotatable bonds is 5. The van der Waals surface area contributed by atoms with Gasteiger partial charge in [-0.15, -0.1) is 0 Å². The van der Waals surface area contributed by atoms with Gasteiger partial charge < -0.3 is 10.6 Å². The second kappa shape index (κ2) is 7.22. The van der Waals surface area contributed by atoms with E-state index in [1.165, 1.54) is 24.0 Å². The van der Waals surface area contributed by atoms with Crippen molar-refractivity contribution in [3.05, 3.63) is 53.3 Å². The van der Waals surface area contributed by atoms with Gasteiger partial charge in [0.15, 0.2) is 0 Å². The van der Waals surface area contributed by atoms with Crippen molar-refractivity contribution in [3.8, 4) is 0 Å². The molecule has 1 amide bonds. The van der Waals surface area contributed by atoms with E-state index in [4.69, 9.17) is 0 Å². The summed E-state index contributed by atoms with van der Waals surface area (Å²) >= 11 is 0. The van der Waals surface area contributed by atoms with Gasteiger partial charge in [0.1, 0.15) is 5.69 Å². The third kappa shape index (κ3) is 4.06. The number of aromatic nitrogens is 2. The normalized spacial score (nSPS) is 14.7. The summed E-state index contributed by atoms with van der Waals surface area (Å²) in [6.07, 6.45) is 6.14. The first kappa shape index (κ1) is 15.5. The molecule has 1 saturated carbocycles. The zero-order valence-electron chi connectivity index (χ0n) is 13.4. The van der Waals surface area contributed by atoms with Gasteiger partial charge in [-0.25, -0.2) is 9.97 Å². The molecule has 5 nitrogen and oxygen atoms in total. The number of nitrogens with one attached hydrogen (secondary N) is 2. The van der Waals surface area contributed by atoms with Crippen molar-refractivity contribution in [2.45, 2.75) is 45.2 Å². The maximum Gasteiger partial charge on any atom is 0.270 e. The van der Waals surface area contributed by atoms with E-state index < -0.39 is 0 Å². The molecular formula is C18H22N4O. The van der Waals surface area contributed by atoms with Crippen LogP contribution >= 0.6 is 0 Å². The molecule has 0 spiro atoms. The Morgan fingerprint density at radius 2 is 2.00 bits per heavy atom. The average Bonchev–Trinajstić information content (AvgIpc) is 3.07. The quantitative estimate of drug-likeness (QED) is 0.890. The van der Waals surface area contributed by atoms with E-state index in [0.29, 0.717) is 24.2 Å². The molecule has 1 fully saturated rings. The fourth-order valence-electron chi connectivity index (χ4n) is 2.88. The highest BCUT2D eigenvalue weighted by Gasteiger charge is 2.18. The fraction of sp³-hybridized carbons (Fsp3) is 0.389. The first-order chi connectivity index (χ1) is 11.2. The number of amides is 1. The minimum Gasteiger partial charge on any atom is -0.350 e. The summed E-state index contributed by atoms with van der Waals surface area (Å²) in [6.45, 7) is 2.71. The molecule has 0 radical (unpaired) electrons. The molecular weight excluding hydrogens is 288 g/mol. The van der Waals surface area contributed by atoms with Crippen LogP contribution in [0.4, 0.5) is 5.95 Å². The van der Waals surface area contributed by atoms with E-state index in [-0.39, 0.29) is 5.91 Å². The Bertz CT molecular complexity index is 680. The highest BCUT2D eigenvalue weighted by molar-refractivity contribution is 5.92. The summed E-state index contributed by atoms with van der Waals surface area (Å²) in [4.78, 5) is 20.8. The number of hydrogen-bond acceptors (Lipinski definition) is 4. The van der Waals surface area contributed by atoms with Crippen LogP contribution in [0.5, 0.6) is 0 Å². The van der Waals surface area contributed by atoms with Gasteiger partial charge in [0.2, 0.25) is 5.95 Å². The summed E-state index contributed by atoms with van der Waals surface area (Å²) in [5.41, 5.74) is 2.83. The van der Waals surface area contributed by atoms with Crippen LogP contribution < -0.4 is 10.6 Å². The highest BCUT2D eigenvalue weighted by atomic mass is 16.1. The van der Waals surface area contributed by atoms with Crippen molar-refractivity contribution >= 4 is 11.9 Å². The number of aryl methyl sites for hydroxylation is 1. The van der Waals surface area contributed by atoms with Gasteiger partial charge in [-0.05, 0) is 37.0 Å². The summed E-state index contributed by atoms with van der Waals surface area (Å²) in [5, 5.41) is 6.24. The number of anilines is 1. The Morgan fingerprint density at radius 3 is 2.78 bits per heavy atom. The van der Waals surface area contributed by atoms with E-state index >= 15 is 0 Å². The van der Waals surface area contributed by atoms with Gasteiger partial charge in [-0.2, -0.15) is 0 Å². The lowest BCUT2D eigenvalue weighted by Crippen LogP contribution is -2.33. The van der Waals surface area contributed by atoms with Crippen LogP contribution in [0.2, 0.25) is 0 Å². The number of carbonyl (C=O) groups is 1. The zero-order chi connectivity index (χ0) is 16.1. The Kier molecular flexibility index (Phi) is 4.86. The summed E-state index contributed by atoms with van der Waals surface area (Å²) in [7, 11) is 0. The molecule has 1 aromatic heterocycles. The van der Waals surface area contributed by atoms with Gasteiger partial charge in [0.05, 0.1) is 0 Å². The molecule has 0 bridgehead atoms. The molecule has 23 heavy (non-hydrogen) atoms. The van der Waals surface area contributed by atoms with E-state index in [9.17, 15) is 4.79 Å². The molecule has 0 unspecified atom stereocenters. The third-order valence-electron chi connectivity index (χ3n) is 4.28. The predicted molar refractivity (Wildman–Crippen MR) is 90.3 cm³/mol. The molecule has 0 atom stereocenters. The Hall–Kier alpha value is -2.43. The van der Waals surface area contributed by atoms with Crippen LogP contribution in [0, 0.1) is 6.92 Å². The smallest absolute Gasteiger partial charge is 0.270 e. The number of hydrogen-bond donors (Lipinski definition) is 2. The van der Waals surface area contributed by atoms with E-state index in [2.05, 4.69) is 39.7 Å². The van der Waals surface area contributed by atoms with E-state index in [1.54, 1.807) is 12.3 Å². The molecule has 0 saturated heterocycles. The Labute approximate surface area is 136 Å². The van der Waals surface area contributed by atoms with E-state index in [0.717, 1.165) is 12.8 Å². The molecule has 1 aliphatic rings. The number of nitrogens with zero attached hydrogens (tertiary/aromatic N) is 2. The molecule has 2 N–H and O–H groups in total. The average molecular weight is 310 g/mol. The molecule has 120 valence electrons. The van der Waals surface area contributed by atoms with Crippen LogP contribution in [0.25, 0.3) is 0 Å². The van der Waals surface area contributed by atoms with Crippen molar-refractivity contribution in [1.82, 2.24) is 15.3 Å². The monoisotopic (exact) mass is 310 g/mol. The molecule has 1 aliphatic carbocycles. The first-order valence-electron chi connectivity index (χ1n) is 8.14. The molecule has 2 aromatic rings. The minimum absolute atomic E-state index is 0.113. The summed E-state index contributed by atoms with van der Waals surface area (Å²) < 4.78 is 0. The topological polar surface area (TPSA) is 66.9 Å². The molecule has 1 heterocycles. The number of carbonyl (C=O) groups excluding carboxylic acids is 1. The van der Waals surface area contributed by atoms with Gasteiger partial charge in [0.25, 0.3) is 5.91 Å². The largest absolute Gasteiger partial charge is 0.350 e. The van der Waals surface area contributed by atoms with Gasteiger partial charge in [0, 0.05) is 18.8 Å². The SMILES string of the molecule is Cc1ccccc1CNc1nccc(C(=O)NC2CCCC2)n1. The van der Waals surface area contributed by atoms with Crippen molar-refractivity contribution in [1.29, 1.82) is 0 Å². The minimum atomic E-state index is -0.113. The van der Waals surface area contributed by atoms with Gasteiger partial charge in [-0.3, -0.25) is 4.79 Å². The highest BCUT2D eigenvalue weighted by Crippen LogP contribution is 2.18. The number of benzene rings is 1. The first-order valence-corrected chi connectivity index (χ1v) is 8.14. The van der Waals surface area contributed by atoms with Crippen LogP contribution in [0.15, 0.2) is 36.5 Å². The lowest BCUT2D eigenvalue weighted by molar-refractivity contribution is 0.0933. The van der Waals surface area contributed by atoms with Crippen molar-refractivity contribution < 1.29 is 4.79 Å². The maximum absolute atomic E-state index is 12.3. The standard InChI is InChI=1S/C18H22N4O/c1-13-6-2-3-7-14(13)12-20-18-19-11-10-16(22-18)17(23)21-15-8-4-5-9-15/h2-3,6-7,10-11,15H,4-5,8-9,12H2,1H3,(H,21,23)(H,19,20,22). The predicted octanol–water partition coefficient (Wildman–Crippen LogP) is 3.07. The zero-order valence-corrected chi connectivity index (χ0v) is 13.4. The summed E-state index contributed by atoms with van der Waals surface area (Å²) in [5.74, 6) is 0.366. The summed E-state index contributed by atoms with van der Waals surface area (Å²) in [6, 6.07) is 10.1. The second-order valence-electron chi connectivity index (χ2n) is 6.00. The van der Waals surface area contributed by atoms with Crippen molar-refractivity contribution in [2.75, 3.05) is 5.32 Å². The third-order valence-corrected chi connectivity index (χ3v) is 4.28. The molecule has 1 aromatic carbocycles. The van der Waals surface area contributed by atoms with Crippen molar-refractivity contribution in [2.24, 2.45) is 0 Å². The lowest BCUT2D eigenvalue weighted by Gasteiger charge is -2.12. The van der Waals surface area contributed by atoms with Gasteiger partial charge in [-0.1, -0.05) is 37.1 Å². The van der Waals surface area contributed by atoms with Crippen LogP contribution in [-0.2, 0) is 6.54 Å².